The third-order valence-electron chi connectivity index (χ3n) is 3.71. The molecule has 4 N–H and O–H groups in total. The highest BCUT2D eigenvalue weighted by atomic mass is 16.3. The minimum Gasteiger partial charge on any atom is -0.399 e. The molecule has 100 valence electrons. The molecule has 0 spiro atoms. The Bertz CT molecular complexity index is 587. The zero-order valence-corrected chi connectivity index (χ0v) is 10.7. The topological polar surface area (TPSA) is 84.1 Å². The first kappa shape index (κ1) is 12.2. The normalized spacial score (nSPS) is 23.4. The number of aromatic nitrogens is 2. The molecular weight excluding hydrogens is 240 g/mol. The molecule has 1 heterocycles. The Labute approximate surface area is 111 Å². The van der Waals surface area contributed by atoms with Gasteiger partial charge >= 0.3 is 0 Å². The number of aliphatic hydroxyl groups is 1. The minimum atomic E-state index is -0.299. The van der Waals surface area contributed by atoms with Crippen LogP contribution in [0.15, 0.2) is 24.5 Å². The van der Waals surface area contributed by atoms with Crippen LogP contribution in [-0.4, -0.2) is 27.2 Å². The number of rotatable bonds is 2. The van der Waals surface area contributed by atoms with Crippen molar-refractivity contribution in [3.63, 3.8) is 0 Å². The third kappa shape index (κ3) is 2.46. The van der Waals surface area contributed by atoms with E-state index in [0.29, 0.717) is 5.69 Å². The van der Waals surface area contributed by atoms with Gasteiger partial charge in [0.1, 0.15) is 12.1 Å². The van der Waals surface area contributed by atoms with Crippen LogP contribution in [0.2, 0.25) is 0 Å². The van der Waals surface area contributed by atoms with Crippen LogP contribution in [0.25, 0.3) is 10.9 Å². The molecule has 0 radical (unpaired) electrons. The molecule has 2 aromatic rings. The quantitative estimate of drug-likeness (QED) is 0.717. The van der Waals surface area contributed by atoms with Crippen LogP contribution in [0.5, 0.6) is 0 Å². The summed E-state index contributed by atoms with van der Waals surface area (Å²) < 4.78 is 0. The van der Waals surface area contributed by atoms with E-state index in [2.05, 4.69) is 15.3 Å². The summed E-state index contributed by atoms with van der Waals surface area (Å²) in [5.74, 6) is 0.774. The number of aliphatic hydroxyl groups excluding tert-OH is 1. The molecule has 2 atom stereocenters. The number of nitrogen functional groups attached to an aromatic ring is 1. The Morgan fingerprint density at radius 1 is 1.21 bits per heavy atom. The Balaban J connectivity index is 1.92. The van der Waals surface area contributed by atoms with Gasteiger partial charge in [-0.2, -0.15) is 0 Å². The lowest BCUT2D eigenvalue weighted by Crippen LogP contribution is -2.36. The van der Waals surface area contributed by atoms with Crippen LogP contribution in [0.3, 0.4) is 0 Å². The molecule has 3 rings (SSSR count). The zero-order chi connectivity index (χ0) is 13.2. The van der Waals surface area contributed by atoms with E-state index in [1.807, 2.05) is 18.2 Å². The lowest BCUT2D eigenvalue weighted by Gasteiger charge is -2.29. The van der Waals surface area contributed by atoms with E-state index >= 15 is 0 Å². The summed E-state index contributed by atoms with van der Waals surface area (Å²) in [6.45, 7) is 0. The number of anilines is 2. The summed E-state index contributed by atoms with van der Waals surface area (Å²) >= 11 is 0. The van der Waals surface area contributed by atoms with Crippen molar-refractivity contribution in [3.05, 3.63) is 24.5 Å². The fourth-order valence-corrected chi connectivity index (χ4v) is 2.64. The van der Waals surface area contributed by atoms with Gasteiger partial charge in [-0.15, -0.1) is 0 Å². The minimum absolute atomic E-state index is 0.0735. The molecule has 2 unspecified atom stereocenters. The molecular formula is C14H18N4O. The molecule has 1 aliphatic carbocycles. The van der Waals surface area contributed by atoms with Gasteiger partial charge in [-0.3, -0.25) is 0 Å². The Hall–Kier alpha value is -1.88. The Morgan fingerprint density at radius 2 is 2.05 bits per heavy atom. The maximum absolute atomic E-state index is 10.0. The summed E-state index contributed by atoms with van der Waals surface area (Å²) in [7, 11) is 0. The largest absolute Gasteiger partial charge is 0.399 e. The smallest absolute Gasteiger partial charge is 0.137 e. The number of hydrogen-bond donors (Lipinski definition) is 3. The second-order valence-corrected chi connectivity index (χ2v) is 5.10. The van der Waals surface area contributed by atoms with Crippen LogP contribution in [0.4, 0.5) is 11.5 Å². The van der Waals surface area contributed by atoms with Crippen molar-refractivity contribution in [3.8, 4) is 0 Å². The van der Waals surface area contributed by atoms with Gasteiger partial charge in [-0.25, -0.2) is 9.97 Å². The number of nitrogens with zero attached hydrogens (tertiary/aromatic N) is 2. The summed E-state index contributed by atoms with van der Waals surface area (Å²) in [4.78, 5) is 8.51. The fourth-order valence-electron chi connectivity index (χ4n) is 2.64. The van der Waals surface area contributed by atoms with Crippen LogP contribution >= 0.6 is 0 Å². The summed E-state index contributed by atoms with van der Waals surface area (Å²) in [6.07, 6.45) is 5.30. The van der Waals surface area contributed by atoms with Gasteiger partial charge in [0.15, 0.2) is 0 Å². The van der Waals surface area contributed by atoms with E-state index in [9.17, 15) is 5.11 Å². The number of fused-ring (bicyclic) bond motifs is 1. The van der Waals surface area contributed by atoms with Crippen molar-refractivity contribution in [1.29, 1.82) is 0 Å². The van der Waals surface area contributed by atoms with Gasteiger partial charge in [-0.05, 0) is 31.0 Å². The van der Waals surface area contributed by atoms with Crippen LogP contribution in [0.1, 0.15) is 25.7 Å². The first-order valence-corrected chi connectivity index (χ1v) is 6.69. The van der Waals surface area contributed by atoms with Crippen molar-refractivity contribution < 1.29 is 5.11 Å². The van der Waals surface area contributed by atoms with Crippen molar-refractivity contribution in [2.45, 2.75) is 37.8 Å². The highest BCUT2D eigenvalue weighted by Gasteiger charge is 2.23. The molecule has 19 heavy (non-hydrogen) atoms. The van der Waals surface area contributed by atoms with Crippen molar-refractivity contribution >= 4 is 22.4 Å². The molecule has 1 fully saturated rings. The lowest BCUT2D eigenvalue weighted by molar-refractivity contribution is 0.116. The average molecular weight is 258 g/mol. The van der Waals surface area contributed by atoms with E-state index in [4.69, 9.17) is 5.73 Å². The monoisotopic (exact) mass is 258 g/mol. The fraction of sp³-hybridized carbons (Fsp3) is 0.429. The molecule has 1 saturated carbocycles. The second kappa shape index (κ2) is 5.01. The molecule has 5 heteroatoms. The van der Waals surface area contributed by atoms with Crippen LogP contribution in [-0.2, 0) is 0 Å². The maximum Gasteiger partial charge on any atom is 0.137 e. The van der Waals surface area contributed by atoms with E-state index in [1.165, 1.54) is 6.33 Å². The molecule has 5 nitrogen and oxygen atoms in total. The average Bonchev–Trinajstić information content (AvgIpc) is 2.41. The van der Waals surface area contributed by atoms with Gasteiger partial charge in [0.05, 0.1) is 17.7 Å². The number of nitrogens with one attached hydrogen (secondary N) is 1. The zero-order valence-electron chi connectivity index (χ0n) is 10.7. The Morgan fingerprint density at radius 3 is 2.89 bits per heavy atom. The molecule has 1 aromatic heterocycles. The van der Waals surface area contributed by atoms with Gasteiger partial charge in [0, 0.05) is 11.1 Å². The van der Waals surface area contributed by atoms with Crippen LogP contribution in [0, 0.1) is 0 Å². The van der Waals surface area contributed by atoms with Gasteiger partial charge < -0.3 is 16.2 Å². The molecule has 0 bridgehead atoms. The second-order valence-electron chi connectivity index (χ2n) is 5.10. The Kier molecular flexibility index (Phi) is 3.21. The molecule has 0 amide bonds. The van der Waals surface area contributed by atoms with Gasteiger partial charge in [0.2, 0.25) is 0 Å². The number of benzene rings is 1. The summed E-state index contributed by atoms with van der Waals surface area (Å²) in [5, 5.41) is 14.3. The first-order valence-electron chi connectivity index (χ1n) is 6.69. The molecule has 1 aliphatic rings. The molecule has 0 saturated heterocycles. The molecule has 1 aromatic carbocycles. The van der Waals surface area contributed by atoms with Crippen molar-refractivity contribution in [2.75, 3.05) is 11.1 Å². The van der Waals surface area contributed by atoms with E-state index < -0.39 is 0 Å². The highest BCUT2D eigenvalue weighted by molar-refractivity contribution is 5.90. The molecule has 0 aliphatic heterocycles. The third-order valence-corrected chi connectivity index (χ3v) is 3.71. The van der Waals surface area contributed by atoms with Gasteiger partial charge in [-0.1, -0.05) is 12.8 Å². The van der Waals surface area contributed by atoms with Crippen molar-refractivity contribution in [2.24, 2.45) is 0 Å². The van der Waals surface area contributed by atoms with E-state index in [1.54, 1.807) is 0 Å². The summed E-state index contributed by atoms with van der Waals surface area (Å²) in [5.41, 5.74) is 7.27. The maximum atomic E-state index is 10.0. The van der Waals surface area contributed by atoms with Gasteiger partial charge in [0.25, 0.3) is 0 Å². The summed E-state index contributed by atoms with van der Waals surface area (Å²) in [6, 6.07) is 5.67. The highest BCUT2D eigenvalue weighted by Crippen LogP contribution is 2.26. The van der Waals surface area contributed by atoms with E-state index in [-0.39, 0.29) is 12.1 Å². The first-order chi connectivity index (χ1) is 9.24. The lowest BCUT2D eigenvalue weighted by atomic mass is 9.92. The standard InChI is InChI=1S/C14H18N4O/c15-9-5-6-10-12(7-9)16-8-17-14(10)18-11-3-1-2-4-13(11)19/h5-8,11,13,19H,1-4,15H2,(H,16,17,18). The van der Waals surface area contributed by atoms with Crippen molar-refractivity contribution in [1.82, 2.24) is 9.97 Å². The SMILES string of the molecule is Nc1ccc2c(NC3CCCCC3O)ncnc2c1. The van der Waals surface area contributed by atoms with Crippen LogP contribution < -0.4 is 11.1 Å². The number of hydrogen-bond acceptors (Lipinski definition) is 5. The predicted octanol–water partition coefficient (Wildman–Crippen LogP) is 1.93. The number of nitrogens with two attached hydrogens (primary N) is 1. The predicted molar refractivity (Wildman–Crippen MR) is 75.8 cm³/mol. The van der Waals surface area contributed by atoms with E-state index in [0.717, 1.165) is 42.4 Å².